The van der Waals surface area contributed by atoms with Gasteiger partial charge in [-0.25, -0.2) is 9.97 Å². The third-order valence-corrected chi connectivity index (χ3v) is 2.70. The molecule has 0 aromatic carbocycles. The number of nitrogens with one attached hydrogen (secondary N) is 2. The molecule has 0 unspecified atom stereocenters. The number of aromatic nitrogens is 2. The number of pyridine rings is 2. The van der Waals surface area contributed by atoms with E-state index < -0.39 is 0 Å². The average Bonchev–Trinajstić information content (AvgIpc) is 2.60. The van der Waals surface area contributed by atoms with Crippen molar-refractivity contribution in [3.05, 3.63) is 48.8 Å². The van der Waals surface area contributed by atoms with Crippen LogP contribution in [0.2, 0.25) is 0 Å². The van der Waals surface area contributed by atoms with Crippen molar-refractivity contribution in [1.29, 1.82) is 0 Å². The van der Waals surface area contributed by atoms with Crippen molar-refractivity contribution in [2.24, 2.45) is 0 Å². The maximum Gasteiger partial charge on any atom is 0.251 e. The minimum absolute atomic E-state index is 0.111. The number of hydrogen-bond donors (Lipinski definition) is 2. The molecule has 2 heterocycles. The number of amides is 2. The van der Waals surface area contributed by atoms with Crippen LogP contribution in [0, 0.1) is 0 Å². The Hall–Kier alpha value is -2.84. The van der Waals surface area contributed by atoms with E-state index in [-0.39, 0.29) is 38.2 Å². The average molecular weight is 330 g/mol. The molecule has 2 rings (SSSR count). The fraction of sp³-hybridized carbons (Fsp3) is 0.250. The van der Waals surface area contributed by atoms with E-state index in [9.17, 15) is 9.59 Å². The molecule has 0 radical (unpaired) electrons. The van der Waals surface area contributed by atoms with Crippen LogP contribution in [0.1, 0.15) is 0 Å². The molecule has 8 nitrogen and oxygen atoms in total. The van der Waals surface area contributed by atoms with Gasteiger partial charge < -0.3 is 20.1 Å². The molecule has 0 atom stereocenters. The lowest BCUT2D eigenvalue weighted by atomic mass is 10.4. The Morgan fingerprint density at radius 3 is 1.62 bits per heavy atom. The Morgan fingerprint density at radius 2 is 1.25 bits per heavy atom. The molecule has 0 saturated heterocycles. The number of hydrogen-bond acceptors (Lipinski definition) is 6. The number of anilines is 2. The zero-order valence-corrected chi connectivity index (χ0v) is 13.0. The number of rotatable bonds is 9. The minimum atomic E-state index is -0.304. The first-order valence-corrected chi connectivity index (χ1v) is 7.31. The van der Waals surface area contributed by atoms with E-state index in [1.807, 2.05) is 0 Å². The molecule has 0 saturated carbocycles. The predicted octanol–water partition coefficient (Wildman–Crippen LogP) is 1.09. The summed E-state index contributed by atoms with van der Waals surface area (Å²) in [4.78, 5) is 31.1. The Morgan fingerprint density at radius 1 is 0.792 bits per heavy atom. The first-order chi connectivity index (χ1) is 11.7. The Balaban J connectivity index is 1.50. The molecule has 2 aromatic heterocycles. The van der Waals surface area contributed by atoms with Gasteiger partial charge in [-0.3, -0.25) is 9.59 Å². The highest BCUT2D eigenvalue weighted by molar-refractivity contribution is 5.91. The second-order valence-electron chi connectivity index (χ2n) is 4.63. The smallest absolute Gasteiger partial charge is 0.251 e. The molecule has 0 bridgehead atoms. The maximum atomic E-state index is 11.6. The van der Waals surface area contributed by atoms with Gasteiger partial charge in [-0.05, 0) is 24.3 Å². The summed E-state index contributed by atoms with van der Waals surface area (Å²) in [6.07, 6.45) is 3.17. The second kappa shape index (κ2) is 10.0. The topological polar surface area (TPSA) is 102 Å². The van der Waals surface area contributed by atoms with Crippen LogP contribution in [-0.4, -0.2) is 48.2 Å². The summed E-state index contributed by atoms with van der Waals surface area (Å²) in [5.41, 5.74) is 0. The summed E-state index contributed by atoms with van der Waals surface area (Å²) in [6.45, 7) is 0.180. The summed E-state index contributed by atoms with van der Waals surface area (Å²) < 4.78 is 10.3. The van der Waals surface area contributed by atoms with E-state index in [4.69, 9.17) is 9.47 Å². The number of ether oxygens (including phenoxy) is 2. The fourth-order valence-electron chi connectivity index (χ4n) is 1.68. The largest absolute Gasteiger partial charge is 0.369 e. The van der Waals surface area contributed by atoms with Gasteiger partial charge in [0.25, 0.3) is 11.8 Å². The lowest BCUT2D eigenvalue weighted by molar-refractivity contribution is -0.124. The molecule has 0 aliphatic rings. The van der Waals surface area contributed by atoms with Crippen molar-refractivity contribution in [3.63, 3.8) is 0 Å². The SMILES string of the molecule is O=C(COCCOCC(=O)Nc1ccccn1)Nc1ccccn1. The fourth-order valence-corrected chi connectivity index (χ4v) is 1.68. The number of carbonyl (C=O) groups is 2. The quantitative estimate of drug-likeness (QED) is 0.667. The van der Waals surface area contributed by atoms with Crippen LogP contribution >= 0.6 is 0 Å². The standard InChI is InChI=1S/C16H18N4O4/c21-15(19-13-5-1-3-7-17-13)11-23-9-10-24-12-16(22)20-14-6-2-4-8-18-14/h1-8H,9-12H2,(H,17,19,21)(H,18,20,22). The third kappa shape index (κ3) is 6.95. The van der Waals surface area contributed by atoms with Crippen molar-refractivity contribution >= 4 is 23.5 Å². The summed E-state index contributed by atoms with van der Waals surface area (Å²) >= 11 is 0. The van der Waals surface area contributed by atoms with Crippen LogP contribution < -0.4 is 10.6 Å². The Kier molecular flexibility index (Phi) is 7.32. The van der Waals surface area contributed by atoms with Crippen molar-refractivity contribution in [1.82, 2.24) is 9.97 Å². The molecule has 0 spiro atoms. The number of nitrogens with zero attached hydrogens (tertiary/aromatic N) is 2. The van der Waals surface area contributed by atoms with Gasteiger partial charge >= 0.3 is 0 Å². The third-order valence-electron chi connectivity index (χ3n) is 2.70. The van der Waals surface area contributed by atoms with Crippen LogP contribution in [0.15, 0.2) is 48.8 Å². The van der Waals surface area contributed by atoms with Gasteiger partial charge in [-0.2, -0.15) is 0 Å². The molecule has 126 valence electrons. The Labute approximate surface area is 139 Å². The number of carbonyl (C=O) groups excluding carboxylic acids is 2. The molecule has 2 amide bonds. The molecular formula is C16H18N4O4. The second-order valence-corrected chi connectivity index (χ2v) is 4.63. The molecule has 2 N–H and O–H groups in total. The highest BCUT2D eigenvalue weighted by Crippen LogP contribution is 2.00. The minimum Gasteiger partial charge on any atom is -0.369 e. The van der Waals surface area contributed by atoms with Crippen molar-refractivity contribution < 1.29 is 19.1 Å². The van der Waals surface area contributed by atoms with E-state index >= 15 is 0 Å². The van der Waals surface area contributed by atoms with E-state index in [1.54, 1.807) is 48.8 Å². The van der Waals surface area contributed by atoms with E-state index in [0.29, 0.717) is 11.6 Å². The van der Waals surface area contributed by atoms with Crippen LogP contribution in [0.5, 0.6) is 0 Å². The summed E-state index contributed by atoms with van der Waals surface area (Å²) in [7, 11) is 0. The predicted molar refractivity (Wildman–Crippen MR) is 87.4 cm³/mol. The molecule has 24 heavy (non-hydrogen) atoms. The van der Waals surface area contributed by atoms with Crippen LogP contribution in [-0.2, 0) is 19.1 Å². The molecule has 0 aliphatic carbocycles. The van der Waals surface area contributed by atoms with Gasteiger partial charge in [0.05, 0.1) is 13.2 Å². The zero-order valence-electron chi connectivity index (χ0n) is 13.0. The van der Waals surface area contributed by atoms with Crippen molar-refractivity contribution in [2.75, 3.05) is 37.1 Å². The molecule has 2 aromatic rings. The lowest BCUT2D eigenvalue weighted by Crippen LogP contribution is -2.22. The van der Waals surface area contributed by atoms with Gasteiger partial charge in [0.1, 0.15) is 24.8 Å². The van der Waals surface area contributed by atoms with Gasteiger partial charge in [0.2, 0.25) is 0 Å². The van der Waals surface area contributed by atoms with Crippen molar-refractivity contribution in [3.8, 4) is 0 Å². The highest BCUT2D eigenvalue weighted by Gasteiger charge is 2.04. The van der Waals surface area contributed by atoms with Crippen LogP contribution in [0.25, 0.3) is 0 Å². The van der Waals surface area contributed by atoms with Gasteiger partial charge in [0, 0.05) is 12.4 Å². The van der Waals surface area contributed by atoms with Gasteiger partial charge in [0.15, 0.2) is 0 Å². The van der Waals surface area contributed by atoms with E-state index in [2.05, 4.69) is 20.6 Å². The summed E-state index contributed by atoms with van der Waals surface area (Å²) in [5, 5.41) is 5.18. The summed E-state index contributed by atoms with van der Waals surface area (Å²) in [5.74, 6) is 0.324. The normalized spacial score (nSPS) is 10.2. The van der Waals surface area contributed by atoms with Crippen molar-refractivity contribution in [2.45, 2.75) is 0 Å². The molecule has 0 aliphatic heterocycles. The van der Waals surface area contributed by atoms with Gasteiger partial charge in [-0.1, -0.05) is 12.1 Å². The van der Waals surface area contributed by atoms with Crippen LogP contribution in [0.4, 0.5) is 11.6 Å². The van der Waals surface area contributed by atoms with E-state index in [0.717, 1.165) is 0 Å². The Bertz CT molecular complexity index is 580. The molecular weight excluding hydrogens is 312 g/mol. The first kappa shape index (κ1) is 17.5. The first-order valence-electron chi connectivity index (χ1n) is 7.31. The van der Waals surface area contributed by atoms with Crippen LogP contribution in [0.3, 0.4) is 0 Å². The molecule has 8 heteroatoms. The van der Waals surface area contributed by atoms with E-state index in [1.165, 1.54) is 0 Å². The molecule has 0 fully saturated rings. The summed E-state index contributed by atoms with van der Waals surface area (Å²) in [6, 6.07) is 10.4. The highest BCUT2D eigenvalue weighted by atomic mass is 16.5. The zero-order chi connectivity index (χ0) is 17.0. The van der Waals surface area contributed by atoms with Gasteiger partial charge in [-0.15, -0.1) is 0 Å². The lowest BCUT2D eigenvalue weighted by Gasteiger charge is -2.07. The monoisotopic (exact) mass is 330 g/mol. The maximum absolute atomic E-state index is 11.6.